The first-order valence-corrected chi connectivity index (χ1v) is 4.60. The summed E-state index contributed by atoms with van der Waals surface area (Å²) in [4.78, 5) is 0. The van der Waals surface area contributed by atoms with Crippen LogP contribution in [0.1, 0.15) is 33.6 Å². The maximum Gasteiger partial charge on any atom is 0.0979 e. The number of rotatable bonds is 6. The second-order valence-corrected chi connectivity index (χ2v) is 3.38. The fraction of sp³-hybridized carbons (Fsp3) is 0.800. The Balaban J connectivity index is 3.88. The van der Waals surface area contributed by atoms with Crippen LogP contribution in [0, 0.1) is 0 Å². The first kappa shape index (κ1) is 11.7. The number of unbranched alkanes of at least 4 members (excludes halogenated alkanes) is 1. The van der Waals surface area contributed by atoms with Gasteiger partial charge >= 0.3 is 0 Å². The predicted octanol–water partition coefficient (Wildman–Crippen LogP) is 2.10. The monoisotopic (exact) mass is 171 g/mol. The van der Waals surface area contributed by atoms with E-state index < -0.39 is 0 Å². The molecular formula is C10H21NO. The van der Waals surface area contributed by atoms with Crippen LogP contribution in [0.15, 0.2) is 12.7 Å². The minimum absolute atomic E-state index is 0.00754. The molecule has 2 N–H and O–H groups in total. The van der Waals surface area contributed by atoms with Crippen LogP contribution in [0.3, 0.4) is 0 Å². The smallest absolute Gasteiger partial charge is 0.0979 e. The molecule has 2 unspecified atom stereocenters. The summed E-state index contributed by atoms with van der Waals surface area (Å²) in [7, 11) is 0. The van der Waals surface area contributed by atoms with E-state index in [9.17, 15) is 0 Å². The fourth-order valence-corrected chi connectivity index (χ4v) is 0.813. The minimum atomic E-state index is -0.366. The fourth-order valence-electron chi connectivity index (χ4n) is 0.813. The molecule has 2 atom stereocenters. The van der Waals surface area contributed by atoms with Crippen molar-refractivity contribution in [2.24, 2.45) is 5.73 Å². The van der Waals surface area contributed by atoms with Crippen LogP contribution >= 0.6 is 0 Å². The zero-order chi connectivity index (χ0) is 9.61. The van der Waals surface area contributed by atoms with Crippen molar-refractivity contribution in [2.45, 2.75) is 45.3 Å². The van der Waals surface area contributed by atoms with E-state index in [0.29, 0.717) is 0 Å². The maximum atomic E-state index is 5.77. The molecule has 2 heteroatoms. The highest BCUT2D eigenvalue weighted by atomic mass is 16.5. The summed E-state index contributed by atoms with van der Waals surface area (Å²) in [6, 6.07) is -0.00754. The summed E-state index contributed by atoms with van der Waals surface area (Å²) >= 11 is 0. The Hall–Kier alpha value is -0.340. The summed E-state index contributed by atoms with van der Waals surface area (Å²) in [6.45, 7) is 10.5. The van der Waals surface area contributed by atoms with Gasteiger partial charge in [0.25, 0.3) is 0 Å². The predicted molar refractivity (Wildman–Crippen MR) is 53.1 cm³/mol. The molecule has 0 radical (unpaired) electrons. The van der Waals surface area contributed by atoms with Gasteiger partial charge in [0, 0.05) is 12.6 Å². The van der Waals surface area contributed by atoms with E-state index in [0.717, 1.165) is 19.4 Å². The first-order chi connectivity index (χ1) is 5.56. The number of hydrogen-bond donors (Lipinski definition) is 1. The SMILES string of the molecule is C=CC(C)(OCCCC)C(C)N. The zero-order valence-electron chi connectivity index (χ0n) is 8.47. The lowest BCUT2D eigenvalue weighted by molar-refractivity contribution is -0.0100. The molecule has 0 rings (SSSR count). The van der Waals surface area contributed by atoms with Crippen LogP contribution in [0.2, 0.25) is 0 Å². The van der Waals surface area contributed by atoms with Gasteiger partial charge in [-0.1, -0.05) is 19.4 Å². The van der Waals surface area contributed by atoms with Crippen molar-refractivity contribution in [3.8, 4) is 0 Å². The lowest BCUT2D eigenvalue weighted by Gasteiger charge is -2.30. The molecule has 2 nitrogen and oxygen atoms in total. The Morgan fingerprint density at radius 2 is 2.25 bits per heavy atom. The molecule has 0 aromatic heterocycles. The van der Waals surface area contributed by atoms with Crippen molar-refractivity contribution in [2.75, 3.05) is 6.61 Å². The van der Waals surface area contributed by atoms with Crippen LogP contribution in [0.25, 0.3) is 0 Å². The first-order valence-electron chi connectivity index (χ1n) is 4.60. The van der Waals surface area contributed by atoms with Gasteiger partial charge in [0.15, 0.2) is 0 Å². The van der Waals surface area contributed by atoms with Crippen LogP contribution in [0.4, 0.5) is 0 Å². The van der Waals surface area contributed by atoms with Gasteiger partial charge in [0.1, 0.15) is 0 Å². The molecule has 0 saturated carbocycles. The molecule has 0 heterocycles. The quantitative estimate of drug-likeness (QED) is 0.490. The minimum Gasteiger partial charge on any atom is -0.370 e. The van der Waals surface area contributed by atoms with E-state index in [1.165, 1.54) is 0 Å². The molecule has 0 aromatic rings. The van der Waals surface area contributed by atoms with Gasteiger partial charge in [-0.25, -0.2) is 0 Å². The summed E-state index contributed by atoms with van der Waals surface area (Å²) in [5.41, 5.74) is 5.40. The maximum absolute atomic E-state index is 5.77. The number of nitrogens with two attached hydrogens (primary N) is 1. The standard InChI is InChI=1S/C10H21NO/c1-5-7-8-12-10(4,6-2)9(3)11/h6,9H,2,5,7-8,11H2,1,3-4H3. The topological polar surface area (TPSA) is 35.2 Å². The molecule has 0 aliphatic heterocycles. The van der Waals surface area contributed by atoms with Gasteiger partial charge in [-0.3, -0.25) is 0 Å². The molecule has 0 spiro atoms. The molecule has 72 valence electrons. The molecule has 0 aliphatic rings. The van der Waals surface area contributed by atoms with E-state index >= 15 is 0 Å². The van der Waals surface area contributed by atoms with E-state index in [4.69, 9.17) is 10.5 Å². The Bertz CT molecular complexity index is 134. The lowest BCUT2D eigenvalue weighted by Crippen LogP contribution is -2.44. The third kappa shape index (κ3) is 3.37. The molecule has 0 aromatic carbocycles. The van der Waals surface area contributed by atoms with Crippen LogP contribution in [-0.4, -0.2) is 18.2 Å². The molecule has 0 fully saturated rings. The van der Waals surface area contributed by atoms with Crippen LogP contribution in [0.5, 0.6) is 0 Å². The van der Waals surface area contributed by atoms with Crippen molar-refractivity contribution in [3.63, 3.8) is 0 Å². The van der Waals surface area contributed by atoms with Crippen molar-refractivity contribution >= 4 is 0 Å². The summed E-state index contributed by atoms with van der Waals surface area (Å²) < 4.78 is 5.64. The van der Waals surface area contributed by atoms with Gasteiger partial charge in [0.2, 0.25) is 0 Å². The third-order valence-corrected chi connectivity index (χ3v) is 2.22. The van der Waals surface area contributed by atoms with Crippen LogP contribution in [-0.2, 0) is 4.74 Å². The molecule has 0 bridgehead atoms. The summed E-state index contributed by atoms with van der Waals surface area (Å²) in [6.07, 6.45) is 4.01. The Morgan fingerprint density at radius 3 is 2.58 bits per heavy atom. The van der Waals surface area contributed by atoms with Crippen molar-refractivity contribution in [1.29, 1.82) is 0 Å². The number of ether oxygens (including phenoxy) is 1. The summed E-state index contributed by atoms with van der Waals surface area (Å²) in [5.74, 6) is 0. The Morgan fingerprint density at radius 1 is 1.67 bits per heavy atom. The van der Waals surface area contributed by atoms with E-state index in [1.54, 1.807) is 6.08 Å². The second kappa shape index (κ2) is 5.33. The Labute approximate surface area is 75.8 Å². The van der Waals surface area contributed by atoms with E-state index in [-0.39, 0.29) is 11.6 Å². The van der Waals surface area contributed by atoms with Gasteiger partial charge < -0.3 is 10.5 Å². The second-order valence-electron chi connectivity index (χ2n) is 3.38. The zero-order valence-corrected chi connectivity index (χ0v) is 8.47. The normalized spacial score (nSPS) is 18.3. The van der Waals surface area contributed by atoms with Gasteiger partial charge in [-0.15, -0.1) is 6.58 Å². The largest absolute Gasteiger partial charge is 0.370 e. The molecule has 0 saturated heterocycles. The van der Waals surface area contributed by atoms with Crippen molar-refractivity contribution < 1.29 is 4.74 Å². The van der Waals surface area contributed by atoms with Gasteiger partial charge in [-0.2, -0.15) is 0 Å². The van der Waals surface area contributed by atoms with Gasteiger partial charge in [0.05, 0.1) is 5.60 Å². The van der Waals surface area contributed by atoms with Crippen molar-refractivity contribution in [3.05, 3.63) is 12.7 Å². The van der Waals surface area contributed by atoms with E-state index in [2.05, 4.69) is 13.5 Å². The highest BCUT2D eigenvalue weighted by molar-refractivity contribution is 4.99. The highest BCUT2D eigenvalue weighted by Gasteiger charge is 2.25. The van der Waals surface area contributed by atoms with Gasteiger partial charge in [-0.05, 0) is 20.3 Å². The van der Waals surface area contributed by atoms with Crippen molar-refractivity contribution in [1.82, 2.24) is 0 Å². The van der Waals surface area contributed by atoms with E-state index in [1.807, 2.05) is 13.8 Å². The lowest BCUT2D eigenvalue weighted by atomic mass is 9.99. The third-order valence-electron chi connectivity index (χ3n) is 2.22. The molecule has 0 amide bonds. The molecule has 0 aliphatic carbocycles. The van der Waals surface area contributed by atoms with Crippen LogP contribution < -0.4 is 5.73 Å². The summed E-state index contributed by atoms with van der Waals surface area (Å²) in [5, 5.41) is 0. The molecular weight excluding hydrogens is 150 g/mol. The average molecular weight is 171 g/mol. The average Bonchev–Trinajstić information content (AvgIpc) is 2.04. The Kier molecular flexibility index (Phi) is 5.18. The molecule has 12 heavy (non-hydrogen) atoms. The highest BCUT2D eigenvalue weighted by Crippen LogP contribution is 2.15. The number of hydrogen-bond acceptors (Lipinski definition) is 2.